The Kier molecular flexibility index (Phi) is 3.91. The summed E-state index contributed by atoms with van der Waals surface area (Å²) in [7, 11) is 0. The molecular formula is C13H14N2O2. The van der Waals surface area contributed by atoms with Crippen molar-refractivity contribution >= 4 is 5.91 Å². The number of hydrogen-bond acceptors (Lipinski definition) is 3. The normalized spacial score (nSPS) is 10.1. The zero-order chi connectivity index (χ0) is 11.9. The Morgan fingerprint density at radius 2 is 2.12 bits per heavy atom. The molecule has 0 radical (unpaired) electrons. The van der Waals surface area contributed by atoms with Crippen molar-refractivity contribution in [1.29, 1.82) is 0 Å². The third-order valence-corrected chi connectivity index (χ3v) is 2.43. The highest BCUT2D eigenvalue weighted by Crippen LogP contribution is 2.02. The Bertz CT molecular complexity index is 452. The number of carbonyl (C=O) groups is 1. The van der Waals surface area contributed by atoms with Crippen LogP contribution in [0, 0.1) is 0 Å². The van der Waals surface area contributed by atoms with Crippen LogP contribution in [-0.4, -0.2) is 10.9 Å². The molecule has 0 atom stereocenters. The van der Waals surface area contributed by atoms with Gasteiger partial charge in [-0.2, -0.15) is 0 Å². The van der Waals surface area contributed by atoms with E-state index in [2.05, 4.69) is 10.3 Å². The van der Waals surface area contributed by atoms with Crippen molar-refractivity contribution in [2.24, 2.45) is 0 Å². The van der Waals surface area contributed by atoms with Gasteiger partial charge in [-0.1, -0.05) is 0 Å². The first kappa shape index (κ1) is 11.4. The lowest BCUT2D eigenvalue weighted by Crippen LogP contribution is -2.22. The maximum atomic E-state index is 11.5. The Hall–Kier alpha value is -2.10. The molecule has 0 aliphatic carbocycles. The van der Waals surface area contributed by atoms with E-state index in [1.54, 1.807) is 24.7 Å². The monoisotopic (exact) mass is 230 g/mol. The third-order valence-electron chi connectivity index (χ3n) is 2.43. The number of carbonyl (C=O) groups excluding carboxylic acids is 1. The number of aryl methyl sites for hydroxylation is 1. The van der Waals surface area contributed by atoms with Crippen molar-refractivity contribution < 1.29 is 9.21 Å². The van der Waals surface area contributed by atoms with Gasteiger partial charge >= 0.3 is 0 Å². The fourth-order valence-corrected chi connectivity index (χ4v) is 1.49. The summed E-state index contributed by atoms with van der Waals surface area (Å²) in [6.45, 7) is 0.447. The number of amides is 1. The highest BCUT2D eigenvalue weighted by molar-refractivity contribution is 5.76. The molecule has 1 amide bonds. The highest BCUT2D eigenvalue weighted by Gasteiger charge is 2.03. The lowest BCUT2D eigenvalue weighted by atomic mass is 10.1. The average molecular weight is 230 g/mol. The minimum absolute atomic E-state index is 0.0261. The van der Waals surface area contributed by atoms with Crippen molar-refractivity contribution in [2.75, 3.05) is 0 Å². The van der Waals surface area contributed by atoms with Crippen LogP contribution in [0.3, 0.4) is 0 Å². The van der Waals surface area contributed by atoms with Gasteiger partial charge in [0.05, 0.1) is 12.8 Å². The van der Waals surface area contributed by atoms with E-state index in [0.29, 0.717) is 13.0 Å². The van der Waals surface area contributed by atoms with E-state index in [0.717, 1.165) is 17.7 Å². The van der Waals surface area contributed by atoms with Crippen LogP contribution >= 0.6 is 0 Å². The van der Waals surface area contributed by atoms with E-state index in [-0.39, 0.29) is 5.91 Å². The third kappa shape index (κ3) is 3.75. The molecule has 0 spiro atoms. The molecule has 0 aliphatic rings. The molecule has 0 aromatic carbocycles. The summed E-state index contributed by atoms with van der Waals surface area (Å²) in [5, 5.41) is 2.81. The molecule has 88 valence electrons. The zero-order valence-electron chi connectivity index (χ0n) is 9.43. The van der Waals surface area contributed by atoms with Crippen LogP contribution in [0.25, 0.3) is 0 Å². The summed E-state index contributed by atoms with van der Waals surface area (Å²) in [6.07, 6.45) is 6.27. The summed E-state index contributed by atoms with van der Waals surface area (Å²) in [5.41, 5.74) is 1.12. The van der Waals surface area contributed by atoms with E-state index < -0.39 is 0 Å². The molecular weight excluding hydrogens is 216 g/mol. The fraction of sp³-hybridized carbons (Fsp3) is 0.231. The van der Waals surface area contributed by atoms with Gasteiger partial charge in [0.25, 0.3) is 0 Å². The van der Waals surface area contributed by atoms with Gasteiger partial charge < -0.3 is 9.73 Å². The van der Waals surface area contributed by atoms with E-state index in [9.17, 15) is 4.79 Å². The summed E-state index contributed by atoms with van der Waals surface area (Å²) in [6, 6.07) is 7.47. The predicted octanol–water partition coefficient (Wildman–Crippen LogP) is 1.92. The molecule has 4 heteroatoms. The van der Waals surface area contributed by atoms with Gasteiger partial charge in [-0.25, -0.2) is 0 Å². The summed E-state index contributed by atoms with van der Waals surface area (Å²) >= 11 is 0. The van der Waals surface area contributed by atoms with Gasteiger partial charge in [-0.05, 0) is 36.2 Å². The van der Waals surface area contributed by atoms with Crippen LogP contribution < -0.4 is 5.32 Å². The first-order valence-electron chi connectivity index (χ1n) is 5.52. The van der Waals surface area contributed by atoms with Crippen LogP contribution in [0.15, 0.2) is 47.3 Å². The molecule has 2 heterocycles. The van der Waals surface area contributed by atoms with E-state index in [1.807, 2.05) is 18.2 Å². The minimum Gasteiger partial charge on any atom is -0.467 e. The average Bonchev–Trinajstić information content (AvgIpc) is 2.88. The number of pyridine rings is 1. The lowest BCUT2D eigenvalue weighted by Gasteiger charge is -2.03. The molecule has 2 rings (SSSR count). The molecule has 0 aliphatic heterocycles. The molecule has 2 aromatic heterocycles. The molecule has 1 N–H and O–H groups in total. The van der Waals surface area contributed by atoms with Gasteiger partial charge in [0.2, 0.25) is 5.91 Å². The summed E-state index contributed by atoms with van der Waals surface area (Å²) < 4.78 is 5.12. The van der Waals surface area contributed by atoms with Crippen molar-refractivity contribution in [3.8, 4) is 0 Å². The van der Waals surface area contributed by atoms with Crippen molar-refractivity contribution in [3.05, 3.63) is 54.2 Å². The topological polar surface area (TPSA) is 55.1 Å². The van der Waals surface area contributed by atoms with Crippen molar-refractivity contribution in [3.63, 3.8) is 0 Å². The van der Waals surface area contributed by atoms with Gasteiger partial charge in [0.1, 0.15) is 5.76 Å². The van der Waals surface area contributed by atoms with E-state index in [4.69, 9.17) is 4.42 Å². The number of nitrogens with zero attached hydrogens (tertiary/aromatic N) is 1. The molecule has 2 aromatic rings. The quantitative estimate of drug-likeness (QED) is 0.853. The standard InChI is InChI=1S/C13H14N2O2/c16-13(15-10-12-2-1-9-17-12)4-3-11-5-7-14-8-6-11/h1-2,5-9H,3-4,10H2,(H,15,16). The number of hydrogen-bond donors (Lipinski definition) is 1. The number of aromatic nitrogens is 1. The molecule has 0 bridgehead atoms. The molecule has 0 fully saturated rings. The van der Waals surface area contributed by atoms with E-state index in [1.165, 1.54) is 0 Å². The first-order chi connectivity index (χ1) is 8.34. The maximum absolute atomic E-state index is 11.5. The SMILES string of the molecule is O=C(CCc1ccncc1)NCc1ccco1. The highest BCUT2D eigenvalue weighted by atomic mass is 16.3. The molecule has 0 saturated carbocycles. The van der Waals surface area contributed by atoms with Crippen molar-refractivity contribution in [2.45, 2.75) is 19.4 Å². The van der Waals surface area contributed by atoms with Gasteiger partial charge in [-0.15, -0.1) is 0 Å². The lowest BCUT2D eigenvalue weighted by molar-refractivity contribution is -0.121. The maximum Gasteiger partial charge on any atom is 0.220 e. The zero-order valence-corrected chi connectivity index (χ0v) is 9.43. The largest absolute Gasteiger partial charge is 0.467 e. The van der Waals surface area contributed by atoms with Gasteiger partial charge in [0.15, 0.2) is 0 Å². The second kappa shape index (κ2) is 5.84. The fourth-order valence-electron chi connectivity index (χ4n) is 1.49. The molecule has 17 heavy (non-hydrogen) atoms. The van der Waals surface area contributed by atoms with Crippen LogP contribution in [0.1, 0.15) is 17.7 Å². The van der Waals surface area contributed by atoms with Gasteiger partial charge in [0, 0.05) is 18.8 Å². The molecule has 0 unspecified atom stereocenters. The Morgan fingerprint density at radius 1 is 1.29 bits per heavy atom. The second-order valence-electron chi connectivity index (χ2n) is 3.71. The Balaban J connectivity index is 1.71. The van der Waals surface area contributed by atoms with Crippen LogP contribution in [0.2, 0.25) is 0 Å². The number of furan rings is 1. The van der Waals surface area contributed by atoms with Crippen LogP contribution in [0.4, 0.5) is 0 Å². The minimum atomic E-state index is 0.0261. The van der Waals surface area contributed by atoms with Crippen LogP contribution in [-0.2, 0) is 17.8 Å². The summed E-state index contributed by atoms with van der Waals surface area (Å²) in [4.78, 5) is 15.5. The van der Waals surface area contributed by atoms with E-state index >= 15 is 0 Å². The Morgan fingerprint density at radius 3 is 2.82 bits per heavy atom. The smallest absolute Gasteiger partial charge is 0.220 e. The molecule has 4 nitrogen and oxygen atoms in total. The molecule has 0 saturated heterocycles. The number of nitrogens with one attached hydrogen (secondary N) is 1. The Labute approximate surface area is 99.7 Å². The predicted molar refractivity (Wildman–Crippen MR) is 63.1 cm³/mol. The van der Waals surface area contributed by atoms with Gasteiger partial charge in [-0.3, -0.25) is 9.78 Å². The summed E-state index contributed by atoms with van der Waals surface area (Å²) in [5.74, 6) is 0.792. The van der Waals surface area contributed by atoms with Crippen LogP contribution in [0.5, 0.6) is 0 Å². The van der Waals surface area contributed by atoms with Crippen molar-refractivity contribution in [1.82, 2.24) is 10.3 Å². The first-order valence-corrected chi connectivity index (χ1v) is 5.52. The number of rotatable bonds is 5. The second-order valence-corrected chi connectivity index (χ2v) is 3.71.